The van der Waals surface area contributed by atoms with Crippen molar-refractivity contribution in [2.45, 2.75) is 11.4 Å². The molecule has 6 nitrogen and oxygen atoms in total. The van der Waals surface area contributed by atoms with Gasteiger partial charge in [0.2, 0.25) is 0 Å². The van der Waals surface area contributed by atoms with Gasteiger partial charge in [0, 0.05) is 29.6 Å². The number of hydrogen-bond donors (Lipinski definition) is 0. The van der Waals surface area contributed by atoms with E-state index in [1.165, 1.54) is 29.7 Å². The summed E-state index contributed by atoms with van der Waals surface area (Å²) in [5, 5.41) is 2.45. The van der Waals surface area contributed by atoms with E-state index in [0.29, 0.717) is 21.9 Å². The van der Waals surface area contributed by atoms with E-state index >= 15 is 0 Å². The van der Waals surface area contributed by atoms with Crippen molar-refractivity contribution in [2.75, 3.05) is 11.2 Å². The Morgan fingerprint density at radius 3 is 2.77 bits per heavy atom. The number of aromatic nitrogens is 2. The minimum Gasteiger partial charge on any atom is -0.280 e. The molecule has 1 aromatic carbocycles. The third-order valence-corrected chi connectivity index (χ3v) is 7.26. The number of thiazole rings is 1. The highest BCUT2D eigenvalue weighted by Gasteiger charge is 2.19. The summed E-state index contributed by atoms with van der Waals surface area (Å²) in [5.41, 5.74) is 1.51. The van der Waals surface area contributed by atoms with E-state index in [2.05, 4.69) is 9.97 Å². The molecule has 0 aliphatic heterocycles. The van der Waals surface area contributed by atoms with Crippen LogP contribution in [0.2, 0.25) is 0 Å². The van der Waals surface area contributed by atoms with Crippen molar-refractivity contribution in [2.24, 2.45) is 0 Å². The molecule has 152 valence electrons. The van der Waals surface area contributed by atoms with Crippen molar-refractivity contribution in [3.8, 4) is 0 Å². The number of carbonyl (C=O) groups excluding carboxylic acids is 1. The molecule has 0 bridgehead atoms. The molecule has 3 heterocycles. The maximum Gasteiger partial charge on any atom is 0.253 e. The van der Waals surface area contributed by atoms with E-state index in [1.807, 2.05) is 29.6 Å². The quantitative estimate of drug-likeness (QED) is 0.403. The number of carbonyl (C=O) groups is 1. The molecule has 30 heavy (non-hydrogen) atoms. The molecule has 4 rings (SSSR count). The lowest BCUT2D eigenvalue weighted by Gasteiger charge is -2.18. The number of nitrogens with zero attached hydrogens (tertiary/aromatic N) is 3. The summed E-state index contributed by atoms with van der Waals surface area (Å²) in [6, 6.07) is 12.4. The molecule has 4 aromatic rings. The molecule has 9 heteroatoms. The normalized spacial score (nSPS) is 11.9. The Labute approximate surface area is 182 Å². The summed E-state index contributed by atoms with van der Waals surface area (Å²) in [6.45, 7) is 0.306. The van der Waals surface area contributed by atoms with Crippen LogP contribution in [0.3, 0.4) is 0 Å². The van der Waals surface area contributed by atoms with Crippen LogP contribution in [0.5, 0.6) is 0 Å². The van der Waals surface area contributed by atoms with Crippen LogP contribution in [0.1, 0.15) is 10.4 Å². The zero-order valence-corrected chi connectivity index (χ0v) is 18.4. The summed E-state index contributed by atoms with van der Waals surface area (Å²) >= 11 is 2.83. The monoisotopic (exact) mass is 455 g/mol. The van der Waals surface area contributed by atoms with Crippen molar-refractivity contribution in [3.63, 3.8) is 0 Å². The first-order chi connectivity index (χ1) is 14.4. The van der Waals surface area contributed by atoms with Gasteiger partial charge >= 0.3 is 0 Å². The van der Waals surface area contributed by atoms with Gasteiger partial charge < -0.3 is 0 Å². The van der Waals surface area contributed by atoms with Crippen molar-refractivity contribution < 1.29 is 13.2 Å². The lowest BCUT2D eigenvalue weighted by Crippen LogP contribution is -2.28. The number of sulfone groups is 1. The summed E-state index contributed by atoms with van der Waals surface area (Å²) in [7, 11) is -3.32. The third-order valence-electron chi connectivity index (χ3n) is 4.27. The van der Waals surface area contributed by atoms with Crippen molar-refractivity contribution >= 4 is 59.8 Å². The van der Waals surface area contributed by atoms with Crippen LogP contribution in [0.25, 0.3) is 16.3 Å². The van der Waals surface area contributed by atoms with Crippen molar-refractivity contribution in [1.29, 1.82) is 0 Å². The van der Waals surface area contributed by atoms with Crippen LogP contribution in [-0.4, -0.2) is 30.5 Å². The van der Waals surface area contributed by atoms with Crippen LogP contribution >= 0.6 is 22.7 Å². The minimum atomic E-state index is -3.32. The third kappa shape index (κ3) is 4.64. The Morgan fingerprint density at radius 2 is 2.07 bits per heavy atom. The highest BCUT2D eigenvalue weighted by Crippen LogP contribution is 2.31. The van der Waals surface area contributed by atoms with Gasteiger partial charge in [0.25, 0.3) is 5.91 Å². The van der Waals surface area contributed by atoms with E-state index in [1.54, 1.807) is 46.8 Å². The predicted octanol–water partition coefficient (Wildman–Crippen LogP) is 4.40. The molecule has 0 saturated heterocycles. The fourth-order valence-electron chi connectivity index (χ4n) is 2.78. The molecule has 0 unspecified atom stereocenters. The molecule has 0 spiro atoms. The van der Waals surface area contributed by atoms with Gasteiger partial charge in [-0.1, -0.05) is 23.5 Å². The van der Waals surface area contributed by atoms with E-state index in [-0.39, 0.29) is 10.8 Å². The highest BCUT2D eigenvalue weighted by molar-refractivity contribution is 7.90. The Hall–Kier alpha value is -2.88. The minimum absolute atomic E-state index is 0.213. The first-order valence-electron chi connectivity index (χ1n) is 8.93. The average molecular weight is 456 g/mol. The van der Waals surface area contributed by atoms with Gasteiger partial charge in [-0.2, -0.15) is 0 Å². The van der Waals surface area contributed by atoms with Gasteiger partial charge in [0.15, 0.2) is 15.0 Å². The fraction of sp³-hybridized carbons (Fsp3) is 0.0952. The van der Waals surface area contributed by atoms with Gasteiger partial charge in [0.1, 0.15) is 0 Å². The van der Waals surface area contributed by atoms with Crippen LogP contribution in [-0.2, 0) is 21.2 Å². The van der Waals surface area contributed by atoms with E-state index < -0.39 is 9.84 Å². The van der Waals surface area contributed by atoms with Crippen LogP contribution < -0.4 is 4.90 Å². The molecule has 1 amide bonds. The number of anilines is 1. The largest absolute Gasteiger partial charge is 0.280 e. The molecule has 0 fully saturated rings. The molecule has 0 atom stereocenters. The molecular formula is C21H17N3O3S3. The van der Waals surface area contributed by atoms with Crippen LogP contribution in [0.4, 0.5) is 5.13 Å². The number of thiophene rings is 1. The van der Waals surface area contributed by atoms with E-state index in [9.17, 15) is 13.2 Å². The number of hydrogen-bond acceptors (Lipinski definition) is 7. The zero-order chi connectivity index (χ0) is 21.1. The SMILES string of the molecule is CS(=O)(=O)c1ccc2nc(N(Cc3cccnc3)C(=O)/C=C/c3cccs3)sc2c1. The summed E-state index contributed by atoms with van der Waals surface area (Å²) < 4.78 is 24.4. The number of pyridine rings is 1. The molecule has 3 aromatic heterocycles. The highest BCUT2D eigenvalue weighted by atomic mass is 32.2. The second-order valence-corrected chi connectivity index (χ2v) is 10.5. The van der Waals surface area contributed by atoms with Crippen LogP contribution in [0, 0.1) is 0 Å². The summed E-state index contributed by atoms with van der Waals surface area (Å²) in [4.78, 5) is 24.5. The zero-order valence-electron chi connectivity index (χ0n) is 15.9. The lowest BCUT2D eigenvalue weighted by atomic mass is 10.2. The van der Waals surface area contributed by atoms with Gasteiger partial charge in [-0.25, -0.2) is 13.4 Å². The first kappa shape index (κ1) is 20.4. The summed E-state index contributed by atoms with van der Waals surface area (Å²) in [6.07, 6.45) is 7.85. The van der Waals surface area contributed by atoms with Gasteiger partial charge in [-0.15, -0.1) is 11.3 Å². The Balaban J connectivity index is 1.71. The van der Waals surface area contributed by atoms with E-state index in [4.69, 9.17) is 0 Å². The van der Waals surface area contributed by atoms with Gasteiger partial charge in [-0.05, 0) is 47.4 Å². The van der Waals surface area contributed by atoms with E-state index in [0.717, 1.165) is 10.4 Å². The number of fused-ring (bicyclic) bond motifs is 1. The fourth-order valence-corrected chi connectivity index (χ4v) is 5.13. The lowest BCUT2D eigenvalue weighted by molar-refractivity contribution is -0.114. The second kappa shape index (κ2) is 8.47. The molecule has 0 aliphatic rings. The van der Waals surface area contributed by atoms with Gasteiger partial charge in [0.05, 0.1) is 21.7 Å². The Bertz CT molecular complexity index is 1310. The Kier molecular flexibility index (Phi) is 5.76. The molecule has 0 aliphatic carbocycles. The predicted molar refractivity (Wildman–Crippen MR) is 122 cm³/mol. The van der Waals surface area contributed by atoms with Crippen LogP contribution in [0.15, 0.2) is 71.2 Å². The van der Waals surface area contributed by atoms with Crippen molar-refractivity contribution in [3.05, 3.63) is 76.8 Å². The number of rotatable bonds is 6. The molecule has 0 radical (unpaired) electrons. The molecule has 0 saturated carbocycles. The summed E-state index contributed by atoms with van der Waals surface area (Å²) in [5.74, 6) is -0.213. The maximum atomic E-state index is 13.0. The maximum absolute atomic E-state index is 13.0. The molecule has 0 N–H and O–H groups in total. The average Bonchev–Trinajstić information content (AvgIpc) is 3.39. The topological polar surface area (TPSA) is 80.2 Å². The second-order valence-electron chi connectivity index (χ2n) is 6.53. The smallest absolute Gasteiger partial charge is 0.253 e. The standard InChI is InChI=1S/C21H17N3O3S3/c1-30(26,27)17-7-8-18-19(12-17)29-21(23-18)24(14-15-4-2-10-22-13-15)20(25)9-6-16-5-3-11-28-16/h2-13H,14H2,1H3/b9-6+. The van der Waals surface area contributed by atoms with Gasteiger partial charge in [-0.3, -0.25) is 14.7 Å². The number of amides is 1. The Morgan fingerprint density at radius 1 is 1.20 bits per heavy atom. The number of benzene rings is 1. The first-order valence-corrected chi connectivity index (χ1v) is 12.5. The van der Waals surface area contributed by atoms with Crippen molar-refractivity contribution in [1.82, 2.24) is 9.97 Å². The molecular weight excluding hydrogens is 438 g/mol.